The van der Waals surface area contributed by atoms with Crippen molar-refractivity contribution in [2.75, 3.05) is 11.9 Å². The molecule has 1 saturated carbocycles. The summed E-state index contributed by atoms with van der Waals surface area (Å²) in [6.07, 6.45) is -4.87. The SMILES string of the molecule is N#Cc1ccc(C(=O)Nc2ccc3c(c2)C2(N=C(N)COC2C(F)(F)F)C2CC32)nc1. The molecule has 2 aromatic rings. The molecule has 4 unspecified atom stereocenters. The fourth-order valence-corrected chi connectivity index (χ4v) is 4.77. The maximum atomic E-state index is 13.9. The van der Waals surface area contributed by atoms with Crippen LogP contribution in [0.4, 0.5) is 18.9 Å². The van der Waals surface area contributed by atoms with Crippen molar-refractivity contribution in [2.45, 2.75) is 30.2 Å². The van der Waals surface area contributed by atoms with Gasteiger partial charge in [0.05, 0.1) is 5.56 Å². The number of pyridine rings is 1. The van der Waals surface area contributed by atoms with Gasteiger partial charge in [0, 0.05) is 11.9 Å². The Hall–Kier alpha value is -3.45. The maximum absolute atomic E-state index is 13.9. The Morgan fingerprint density at radius 1 is 1.32 bits per heavy atom. The molecule has 1 spiro atoms. The van der Waals surface area contributed by atoms with E-state index in [2.05, 4.69) is 15.3 Å². The number of benzene rings is 1. The number of aromatic nitrogens is 1. The molecule has 5 rings (SSSR count). The van der Waals surface area contributed by atoms with Gasteiger partial charge in [-0.3, -0.25) is 9.79 Å². The van der Waals surface area contributed by atoms with Crippen LogP contribution in [-0.4, -0.2) is 35.6 Å². The van der Waals surface area contributed by atoms with E-state index in [0.717, 1.165) is 5.56 Å². The highest BCUT2D eigenvalue weighted by molar-refractivity contribution is 6.03. The van der Waals surface area contributed by atoms with Gasteiger partial charge >= 0.3 is 6.18 Å². The molecule has 2 heterocycles. The van der Waals surface area contributed by atoms with Crippen molar-refractivity contribution in [2.24, 2.45) is 16.6 Å². The van der Waals surface area contributed by atoms with E-state index in [9.17, 15) is 18.0 Å². The molecule has 1 aliphatic heterocycles. The smallest absolute Gasteiger partial charge is 0.386 e. The number of alkyl halides is 3. The number of rotatable bonds is 2. The number of amidine groups is 1. The summed E-state index contributed by atoms with van der Waals surface area (Å²) in [4.78, 5) is 20.8. The molecular formula is C21H16F3N5O2. The van der Waals surface area contributed by atoms with Crippen LogP contribution < -0.4 is 11.1 Å². The predicted molar refractivity (Wildman–Crippen MR) is 103 cm³/mol. The van der Waals surface area contributed by atoms with Crippen LogP contribution in [0.25, 0.3) is 0 Å². The summed E-state index contributed by atoms with van der Waals surface area (Å²) in [5, 5.41) is 11.5. The monoisotopic (exact) mass is 427 g/mol. The minimum Gasteiger partial charge on any atom is -0.386 e. The fraction of sp³-hybridized carbons (Fsp3) is 0.333. The molecule has 3 aliphatic rings. The predicted octanol–water partition coefficient (Wildman–Crippen LogP) is 2.84. The molecular weight excluding hydrogens is 411 g/mol. The first-order valence-electron chi connectivity index (χ1n) is 9.58. The Morgan fingerprint density at radius 2 is 2.13 bits per heavy atom. The summed E-state index contributed by atoms with van der Waals surface area (Å²) in [5.74, 6) is -0.908. The van der Waals surface area contributed by atoms with E-state index in [0.29, 0.717) is 23.2 Å². The number of halogens is 3. The van der Waals surface area contributed by atoms with Crippen LogP contribution in [0.3, 0.4) is 0 Å². The second kappa shape index (κ2) is 6.52. The number of nitrogens with two attached hydrogens (primary N) is 1. The minimum atomic E-state index is -4.62. The Kier molecular flexibility index (Phi) is 4.10. The first-order chi connectivity index (χ1) is 14.7. The first kappa shape index (κ1) is 19.5. The average Bonchev–Trinajstić information content (AvgIpc) is 3.49. The van der Waals surface area contributed by atoms with Gasteiger partial charge in [-0.2, -0.15) is 18.4 Å². The topological polar surface area (TPSA) is 113 Å². The summed E-state index contributed by atoms with van der Waals surface area (Å²) in [5.41, 5.74) is 6.02. The van der Waals surface area contributed by atoms with Crippen molar-refractivity contribution in [3.63, 3.8) is 0 Å². The van der Waals surface area contributed by atoms with E-state index < -0.39 is 23.7 Å². The standard InChI is InChI=1S/C21H16F3N5O2/c22-21(23,24)19-20(29-17(26)9-31-19)14-5-11(2-3-12(14)13-6-15(13)20)28-18(30)16-4-1-10(7-25)8-27-16/h1-5,8,13,15,19H,6,9H2,(H2,26,29)(H,28,30). The summed E-state index contributed by atoms with van der Waals surface area (Å²) < 4.78 is 46.9. The second-order valence-corrected chi connectivity index (χ2v) is 7.91. The highest BCUT2D eigenvalue weighted by atomic mass is 19.4. The molecule has 1 amide bonds. The van der Waals surface area contributed by atoms with Gasteiger partial charge in [-0.05, 0) is 53.6 Å². The molecule has 0 radical (unpaired) electrons. The number of nitrogens with one attached hydrogen (secondary N) is 1. The van der Waals surface area contributed by atoms with Gasteiger partial charge < -0.3 is 15.8 Å². The van der Waals surface area contributed by atoms with Crippen molar-refractivity contribution in [1.29, 1.82) is 5.26 Å². The summed E-state index contributed by atoms with van der Waals surface area (Å²) in [6.45, 7) is -0.376. The Balaban J connectivity index is 1.52. The first-order valence-corrected chi connectivity index (χ1v) is 9.58. The molecule has 10 heteroatoms. The van der Waals surface area contributed by atoms with Gasteiger partial charge in [0.2, 0.25) is 0 Å². The molecule has 31 heavy (non-hydrogen) atoms. The van der Waals surface area contributed by atoms with Crippen molar-refractivity contribution in [1.82, 2.24) is 4.98 Å². The maximum Gasteiger partial charge on any atom is 0.417 e. The number of hydrogen-bond donors (Lipinski definition) is 2. The highest BCUT2D eigenvalue weighted by Gasteiger charge is 2.71. The van der Waals surface area contributed by atoms with Crippen LogP contribution in [0.2, 0.25) is 0 Å². The van der Waals surface area contributed by atoms with Crippen molar-refractivity contribution in [3.8, 4) is 6.07 Å². The minimum absolute atomic E-state index is 0.0234. The van der Waals surface area contributed by atoms with Gasteiger partial charge in [0.25, 0.3) is 5.91 Å². The molecule has 1 aromatic heterocycles. The Labute approximate surface area is 174 Å². The van der Waals surface area contributed by atoms with Crippen LogP contribution in [0.1, 0.15) is 39.5 Å². The zero-order valence-electron chi connectivity index (χ0n) is 16.0. The lowest BCUT2D eigenvalue weighted by atomic mass is 9.81. The Bertz CT molecular complexity index is 1160. The van der Waals surface area contributed by atoms with Gasteiger partial charge in [0.1, 0.15) is 29.7 Å². The van der Waals surface area contributed by atoms with E-state index in [1.165, 1.54) is 24.4 Å². The van der Waals surface area contributed by atoms with E-state index in [1.807, 2.05) is 6.07 Å². The quantitative estimate of drug-likeness (QED) is 0.765. The molecule has 1 aromatic carbocycles. The zero-order valence-corrected chi connectivity index (χ0v) is 16.0. The third-order valence-electron chi connectivity index (χ3n) is 6.05. The van der Waals surface area contributed by atoms with Crippen LogP contribution in [0.15, 0.2) is 41.5 Å². The van der Waals surface area contributed by atoms with E-state index in [1.54, 1.807) is 12.1 Å². The van der Waals surface area contributed by atoms with Crippen molar-refractivity contribution in [3.05, 3.63) is 58.9 Å². The number of carbonyl (C=O) groups is 1. The number of fused-ring (bicyclic) bond motifs is 5. The van der Waals surface area contributed by atoms with Gasteiger partial charge in [-0.15, -0.1) is 0 Å². The van der Waals surface area contributed by atoms with E-state index in [-0.39, 0.29) is 30.0 Å². The zero-order chi connectivity index (χ0) is 22.0. The molecule has 2 aliphatic carbocycles. The average molecular weight is 427 g/mol. The summed E-state index contributed by atoms with van der Waals surface area (Å²) in [7, 11) is 0. The number of anilines is 1. The van der Waals surface area contributed by atoms with Crippen LogP contribution in [0, 0.1) is 17.2 Å². The molecule has 1 fully saturated rings. The number of ether oxygens (including phenoxy) is 1. The van der Waals surface area contributed by atoms with Crippen LogP contribution in [-0.2, 0) is 10.3 Å². The van der Waals surface area contributed by atoms with E-state index >= 15 is 0 Å². The second-order valence-electron chi connectivity index (χ2n) is 7.91. The Morgan fingerprint density at radius 3 is 2.81 bits per heavy atom. The van der Waals surface area contributed by atoms with E-state index in [4.69, 9.17) is 15.7 Å². The number of nitrogens with zero attached hydrogens (tertiary/aromatic N) is 3. The van der Waals surface area contributed by atoms with Gasteiger partial charge in [-0.1, -0.05) is 6.07 Å². The van der Waals surface area contributed by atoms with Gasteiger partial charge in [0.15, 0.2) is 6.10 Å². The lowest BCUT2D eigenvalue weighted by Gasteiger charge is -2.40. The summed E-state index contributed by atoms with van der Waals surface area (Å²) >= 11 is 0. The molecule has 0 bridgehead atoms. The normalized spacial score (nSPS) is 28.3. The fourth-order valence-electron chi connectivity index (χ4n) is 4.77. The third-order valence-corrected chi connectivity index (χ3v) is 6.05. The number of nitriles is 1. The highest BCUT2D eigenvalue weighted by Crippen LogP contribution is 2.69. The lowest BCUT2D eigenvalue weighted by molar-refractivity contribution is -0.242. The summed E-state index contributed by atoms with van der Waals surface area (Å²) in [6, 6.07) is 9.66. The molecule has 4 atom stereocenters. The molecule has 3 N–H and O–H groups in total. The molecule has 158 valence electrons. The number of aliphatic imine (C=N–C) groups is 1. The third kappa shape index (κ3) is 2.96. The molecule has 7 nitrogen and oxygen atoms in total. The van der Waals surface area contributed by atoms with Gasteiger partial charge in [-0.25, -0.2) is 4.98 Å². The number of hydrogen-bond acceptors (Lipinski definition) is 6. The number of amides is 1. The van der Waals surface area contributed by atoms with Crippen LogP contribution in [0.5, 0.6) is 0 Å². The van der Waals surface area contributed by atoms with Crippen molar-refractivity contribution < 1.29 is 22.7 Å². The lowest BCUT2D eigenvalue weighted by Crippen LogP contribution is -2.54. The molecule has 0 saturated heterocycles. The number of carbonyl (C=O) groups excluding carboxylic acids is 1. The largest absolute Gasteiger partial charge is 0.417 e. The van der Waals surface area contributed by atoms with Crippen LogP contribution >= 0.6 is 0 Å². The van der Waals surface area contributed by atoms with Crippen molar-refractivity contribution >= 4 is 17.4 Å².